The van der Waals surface area contributed by atoms with Gasteiger partial charge in [-0.2, -0.15) is 0 Å². The van der Waals surface area contributed by atoms with Crippen LogP contribution in [0.3, 0.4) is 0 Å². The molecular formula is C16H17Cl2NO3. The predicted octanol–water partition coefficient (Wildman–Crippen LogP) is 4.32. The van der Waals surface area contributed by atoms with E-state index in [1.54, 1.807) is 37.1 Å². The van der Waals surface area contributed by atoms with Crippen LogP contribution in [0.4, 0.5) is 0 Å². The van der Waals surface area contributed by atoms with Crippen LogP contribution in [0.15, 0.2) is 34.7 Å². The van der Waals surface area contributed by atoms with E-state index in [-0.39, 0.29) is 5.91 Å². The molecule has 0 aliphatic rings. The average Bonchev–Trinajstić information content (AvgIpc) is 2.86. The Bertz CT molecular complexity index is 669. The highest BCUT2D eigenvalue weighted by atomic mass is 35.5. The number of aryl methyl sites for hydroxylation is 1. The molecule has 0 N–H and O–H groups in total. The third-order valence-electron chi connectivity index (χ3n) is 3.11. The first kappa shape index (κ1) is 16.7. The standard InChI is InChI=1S/C16H17Cl2NO3/c1-10-4-6-13(21-10)9-19(3)16(20)11(2)22-15-7-5-12(17)8-14(15)18/h4-8,11H,9H2,1-3H3. The summed E-state index contributed by atoms with van der Waals surface area (Å²) in [4.78, 5) is 13.9. The Morgan fingerprint density at radius 1 is 1.32 bits per heavy atom. The maximum Gasteiger partial charge on any atom is 0.263 e. The molecule has 0 aliphatic heterocycles. The first-order chi connectivity index (χ1) is 10.4. The summed E-state index contributed by atoms with van der Waals surface area (Å²) >= 11 is 11.9. The Labute approximate surface area is 139 Å². The number of hydrogen-bond acceptors (Lipinski definition) is 3. The van der Waals surface area contributed by atoms with Gasteiger partial charge < -0.3 is 14.1 Å². The van der Waals surface area contributed by atoms with Crippen molar-refractivity contribution in [2.45, 2.75) is 26.5 Å². The summed E-state index contributed by atoms with van der Waals surface area (Å²) in [6, 6.07) is 8.59. The zero-order valence-corrected chi connectivity index (χ0v) is 14.1. The molecule has 6 heteroatoms. The van der Waals surface area contributed by atoms with E-state index in [0.29, 0.717) is 22.3 Å². The van der Waals surface area contributed by atoms with E-state index in [2.05, 4.69) is 0 Å². The summed E-state index contributed by atoms with van der Waals surface area (Å²) in [6.07, 6.45) is -0.667. The normalized spacial score (nSPS) is 12.0. The van der Waals surface area contributed by atoms with Crippen LogP contribution in [-0.2, 0) is 11.3 Å². The van der Waals surface area contributed by atoms with Crippen LogP contribution < -0.4 is 4.74 Å². The Kier molecular flexibility index (Phi) is 5.37. The second-order valence-corrected chi connectivity index (χ2v) is 5.89. The van der Waals surface area contributed by atoms with Crippen molar-refractivity contribution in [2.75, 3.05) is 7.05 Å². The van der Waals surface area contributed by atoms with Crippen LogP contribution in [-0.4, -0.2) is 24.0 Å². The molecule has 4 nitrogen and oxygen atoms in total. The minimum atomic E-state index is -0.667. The monoisotopic (exact) mass is 341 g/mol. The molecule has 0 spiro atoms. The average molecular weight is 342 g/mol. The van der Waals surface area contributed by atoms with Gasteiger partial charge in [-0.15, -0.1) is 0 Å². The SMILES string of the molecule is Cc1ccc(CN(C)C(=O)C(C)Oc2ccc(Cl)cc2Cl)o1. The fourth-order valence-electron chi connectivity index (χ4n) is 2.00. The fourth-order valence-corrected chi connectivity index (χ4v) is 2.46. The lowest BCUT2D eigenvalue weighted by molar-refractivity contribution is -0.137. The van der Waals surface area contributed by atoms with E-state index < -0.39 is 6.10 Å². The van der Waals surface area contributed by atoms with E-state index >= 15 is 0 Å². The molecular weight excluding hydrogens is 325 g/mol. The Morgan fingerprint density at radius 2 is 2.05 bits per heavy atom. The fraction of sp³-hybridized carbons (Fsp3) is 0.312. The van der Waals surface area contributed by atoms with E-state index in [1.165, 1.54) is 0 Å². The lowest BCUT2D eigenvalue weighted by Crippen LogP contribution is -2.37. The first-order valence-electron chi connectivity index (χ1n) is 6.79. The largest absolute Gasteiger partial charge is 0.479 e. The molecule has 1 unspecified atom stereocenters. The molecule has 118 valence electrons. The van der Waals surface area contributed by atoms with E-state index in [4.69, 9.17) is 32.4 Å². The van der Waals surface area contributed by atoms with Gasteiger partial charge in [0.2, 0.25) is 0 Å². The van der Waals surface area contributed by atoms with Gasteiger partial charge in [-0.05, 0) is 44.2 Å². The molecule has 0 radical (unpaired) electrons. The number of rotatable bonds is 5. The molecule has 0 saturated carbocycles. The minimum absolute atomic E-state index is 0.167. The number of halogens is 2. The zero-order valence-electron chi connectivity index (χ0n) is 12.6. The van der Waals surface area contributed by atoms with Gasteiger partial charge in [-0.25, -0.2) is 0 Å². The van der Waals surface area contributed by atoms with E-state index in [9.17, 15) is 4.79 Å². The number of carbonyl (C=O) groups excluding carboxylic acids is 1. The Hall–Kier alpha value is -1.65. The summed E-state index contributed by atoms with van der Waals surface area (Å²) < 4.78 is 11.1. The first-order valence-corrected chi connectivity index (χ1v) is 7.54. The highest BCUT2D eigenvalue weighted by Gasteiger charge is 2.21. The molecule has 0 aliphatic carbocycles. The van der Waals surface area contributed by atoms with Gasteiger partial charge in [0.05, 0.1) is 11.6 Å². The molecule has 1 atom stereocenters. The number of ether oxygens (including phenoxy) is 1. The summed E-state index contributed by atoms with van der Waals surface area (Å²) in [5.74, 6) is 1.80. The van der Waals surface area contributed by atoms with Gasteiger partial charge in [-0.1, -0.05) is 23.2 Å². The van der Waals surface area contributed by atoms with Crippen LogP contribution >= 0.6 is 23.2 Å². The van der Waals surface area contributed by atoms with Gasteiger partial charge in [0.25, 0.3) is 5.91 Å². The molecule has 0 bridgehead atoms. The number of likely N-dealkylation sites (N-methyl/N-ethyl adjacent to an activating group) is 1. The van der Waals surface area contributed by atoms with Crippen LogP contribution in [0, 0.1) is 6.92 Å². The summed E-state index contributed by atoms with van der Waals surface area (Å²) in [6.45, 7) is 3.92. The topological polar surface area (TPSA) is 42.7 Å². The molecule has 1 aromatic heterocycles. The minimum Gasteiger partial charge on any atom is -0.479 e. The van der Waals surface area contributed by atoms with Gasteiger partial charge in [0.1, 0.15) is 17.3 Å². The smallest absolute Gasteiger partial charge is 0.263 e. The molecule has 2 aromatic rings. The van der Waals surface area contributed by atoms with Crippen molar-refractivity contribution >= 4 is 29.1 Å². The molecule has 0 saturated heterocycles. The maximum absolute atomic E-state index is 12.3. The molecule has 22 heavy (non-hydrogen) atoms. The second-order valence-electron chi connectivity index (χ2n) is 5.04. The van der Waals surface area contributed by atoms with Gasteiger partial charge in [0.15, 0.2) is 6.10 Å². The highest BCUT2D eigenvalue weighted by Crippen LogP contribution is 2.28. The lowest BCUT2D eigenvalue weighted by Gasteiger charge is -2.21. The highest BCUT2D eigenvalue weighted by molar-refractivity contribution is 6.35. The Balaban J connectivity index is 1.98. The van der Waals surface area contributed by atoms with E-state index in [1.807, 2.05) is 19.1 Å². The lowest BCUT2D eigenvalue weighted by atomic mass is 10.3. The van der Waals surface area contributed by atoms with Crippen LogP contribution in [0.2, 0.25) is 10.0 Å². The van der Waals surface area contributed by atoms with Crippen molar-refractivity contribution in [1.29, 1.82) is 0 Å². The third kappa shape index (κ3) is 4.18. The molecule has 1 heterocycles. The number of benzene rings is 1. The van der Waals surface area contributed by atoms with Crippen molar-refractivity contribution in [3.05, 3.63) is 51.9 Å². The van der Waals surface area contributed by atoms with Gasteiger partial charge in [-0.3, -0.25) is 4.79 Å². The van der Waals surface area contributed by atoms with Crippen molar-refractivity contribution in [3.8, 4) is 5.75 Å². The zero-order chi connectivity index (χ0) is 16.3. The van der Waals surface area contributed by atoms with Crippen LogP contribution in [0.1, 0.15) is 18.4 Å². The summed E-state index contributed by atoms with van der Waals surface area (Å²) in [5, 5.41) is 0.887. The van der Waals surface area contributed by atoms with Crippen molar-refractivity contribution < 1.29 is 13.9 Å². The number of nitrogens with zero attached hydrogens (tertiary/aromatic N) is 1. The van der Waals surface area contributed by atoms with Crippen LogP contribution in [0.25, 0.3) is 0 Å². The van der Waals surface area contributed by atoms with Gasteiger partial charge in [0, 0.05) is 12.1 Å². The van der Waals surface area contributed by atoms with Gasteiger partial charge >= 0.3 is 0 Å². The van der Waals surface area contributed by atoms with Crippen molar-refractivity contribution in [2.24, 2.45) is 0 Å². The van der Waals surface area contributed by atoms with E-state index in [0.717, 1.165) is 11.5 Å². The molecule has 1 amide bonds. The Morgan fingerprint density at radius 3 is 2.64 bits per heavy atom. The molecule has 0 fully saturated rings. The quantitative estimate of drug-likeness (QED) is 0.813. The predicted molar refractivity (Wildman–Crippen MR) is 86.5 cm³/mol. The second kappa shape index (κ2) is 7.07. The summed E-state index contributed by atoms with van der Waals surface area (Å²) in [5.41, 5.74) is 0. The maximum atomic E-state index is 12.3. The summed E-state index contributed by atoms with van der Waals surface area (Å²) in [7, 11) is 1.70. The number of furan rings is 1. The van der Waals surface area contributed by atoms with Crippen molar-refractivity contribution in [3.63, 3.8) is 0 Å². The third-order valence-corrected chi connectivity index (χ3v) is 3.64. The number of amides is 1. The molecule has 1 aromatic carbocycles. The van der Waals surface area contributed by atoms with Crippen molar-refractivity contribution in [1.82, 2.24) is 4.90 Å². The number of carbonyl (C=O) groups is 1. The number of hydrogen-bond donors (Lipinski definition) is 0. The molecule has 2 rings (SSSR count). The van der Waals surface area contributed by atoms with Crippen LogP contribution in [0.5, 0.6) is 5.75 Å².